The maximum absolute atomic E-state index is 8.12. The van der Waals surface area contributed by atoms with Gasteiger partial charge in [-0.3, -0.25) is 0 Å². The summed E-state index contributed by atoms with van der Waals surface area (Å²) in [7, 11) is 0. The first-order valence-corrected chi connectivity index (χ1v) is 3.03. The van der Waals surface area contributed by atoms with Crippen molar-refractivity contribution in [2.75, 3.05) is 13.1 Å². The molecule has 0 radical (unpaired) electrons. The van der Waals surface area contributed by atoms with Crippen molar-refractivity contribution < 1.29 is 0 Å². The van der Waals surface area contributed by atoms with E-state index in [2.05, 4.69) is 6.58 Å². The van der Waals surface area contributed by atoms with Crippen molar-refractivity contribution in [3.63, 3.8) is 0 Å². The zero-order valence-corrected chi connectivity index (χ0v) is 5.93. The third kappa shape index (κ3) is 5.35. The molecule has 0 aliphatic rings. The lowest BCUT2D eigenvalue weighted by atomic mass is 10.4. The van der Waals surface area contributed by atoms with Crippen LogP contribution in [0.25, 0.3) is 0 Å². The molecule has 0 aromatic rings. The van der Waals surface area contributed by atoms with Gasteiger partial charge in [-0.1, -0.05) is 6.08 Å². The molecule has 0 unspecified atom stereocenters. The molecule has 0 aromatic heterocycles. The second-order valence-corrected chi connectivity index (χ2v) is 2.04. The van der Waals surface area contributed by atoms with Crippen LogP contribution in [-0.4, -0.2) is 17.5 Å². The van der Waals surface area contributed by atoms with Crippen LogP contribution in [-0.2, 0) is 0 Å². The lowest BCUT2D eigenvalue weighted by Crippen LogP contribution is -2.12. The molecule has 0 bridgehead atoms. The number of hydrogen-bond donors (Lipinski definition) is 0. The Morgan fingerprint density at radius 2 is 2.44 bits per heavy atom. The highest BCUT2D eigenvalue weighted by atomic mass is 35.5. The maximum Gasteiger partial charge on any atom is 0.0635 e. The Labute approximate surface area is 60.4 Å². The summed E-state index contributed by atoms with van der Waals surface area (Å²) in [5.74, 6) is 0. The Morgan fingerprint density at radius 3 is 2.89 bits per heavy atom. The third-order valence-electron chi connectivity index (χ3n) is 0.793. The van der Waals surface area contributed by atoms with E-state index < -0.39 is 0 Å². The van der Waals surface area contributed by atoms with E-state index in [9.17, 15) is 0 Å². The van der Waals surface area contributed by atoms with Crippen LogP contribution in [0.3, 0.4) is 0 Å². The van der Waals surface area contributed by atoms with Crippen molar-refractivity contribution in [3.05, 3.63) is 12.7 Å². The topological polar surface area (TPSA) is 27.0 Å². The average molecular weight is 145 g/mol. The average Bonchev–Trinajstić information content (AvgIpc) is 1.85. The Kier molecular flexibility index (Phi) is 5.29. The van der Waals surface area contributed by atoms with Crippen LogP contribution in [0.5, 0.6) is 0 Å². The van der Waals surface area contributed by atoms with Gasteiger partial charge in [0.2, 0.25) is 0 Å². The summed E-state index contributed by atoms with van der Waals surface area (Å²) in [6.07, 6.45) is 2.17. The minimum atomic E-state index is 0.470. The molecule has 0 aromatic carbocycles. The van der Waals surface area contributed by atoms with Crippen LogP contribution in [0.2, 0.25) is 0 Å². The maximum atomic E-state index is 8.12. The number of rotatable bonds is 4. The molecule has 0 N–H and O–H groups in total. The number of nitrogens with zero attached hydrogens (tertiary/aromatic N) is 2. The molecule has 0 saturated carbocycles. The van der Waals surface area contributed by atoms with Crippen molar-refractivity contribution in [2.24, 2.45) is 0 Å². The Bertz CT molecular complexity index is 117. The quantitative estimate of drug-likeness (QED) is 0.442. The monoisotopic (exact) mass is 144 g/mol. The largest absolute Gasteiger partial charge is 0.215 e. The van der Waals surface area contributed by atoms with E-state index in [-0.39, 0.29) is 0 Å². The standard InChI is InChI=1S/C6H9ClN2/c1-2-5-9(7)6-3-4-8/h2H,1,3,5-6H2. The van der Waals surface area contributed by atoms with Gasteiger partial charge in [-0.05, 0) is 11.8 Å². The number of halogens is 1. The first-order valence-electron chi connectivity index (χ1n) is 2.70. The van der Waals surface area contributed by atoms with Crippen LogP contribution in [0.4, 0.5) is 0 Å². The second kappa shape index (κ2) is 5.61. The predicted octanol–water partition coefficient (Wildman–Crippen LogP) is 1.54. The van der Waals surface area contributed by atoms with Gasteiger partial charge in [0.15, 0.2) is 0 Å². The fraction of sp³-hybridized carbons (Fsp3) is 0.500. The van der Waals surface area contributed by atoms with Crippen molar-refractivity contribution in [1.29, 1.82) is 5.26 Å². The summed E-state index contributed by atoms with van der Waals surface area (Å²) in [4.78, 5) is 0. The van der Waals surface area contributed by atoms with Crippen LogP contribution in [0, 0.1) is 11.3 Å². The molecule has 0 aliphatic heterocycles. The van der Waals surface area contributed by atoms with Crippen LogP contribution < -0.4 is 0 Å². The summed E-state index contributed by atoms with van der Waals surface area (Å²) < 4.78 is 1.52. The molecule has 50 valence electrons. The molecule has 0 aliphatic carbocycles. The van der Waals surface area contributed by atoms with E-state index in [0.717, 1.165) is 0 Å². The van der Waals surface area contributed by atoms with E-state index in [4.69, 9.17) is 17.0 Å². The Morgan fingerprint density at radius 1 is 1.78 bits per heavy atom. The van der Waals surface area contributed by atoms with E-state index >= 15 is 0 Å². The molecule has 9 heavy (non-hydrogen) atoms. The number of nitriles is 1. The van der Waals surface area contributed by atoms with E-state index in [0.29, 0.717) is 19.5 Å². The van der Waals surface area contributed by atoms with Gasteiger partial charge in [-0.15, -0.1) is 6.58 Å². The van der Waals surface area contributed by atoms with Gasteiger partial charge >= 0.3 is 0 Å². The molecule has 3 heteroatoms. The summed E-state index contributed by atoms with van der Waals surface area (Å²) in [6.45, 7) is 4.73. The smallest absolute Gasteiger partial charge is 0.0635 e. The van der Waals surface area contributed by atoms with Crippen molar-refractivity contribution >= 4 is 11.8 Å². The summed E-state index contributed by atoms with van der Waals surface area (Å²) in [5.41, 5.74) is 0. The van der Waals surface area contributed by atoms with E-state index in [1.807, 2.05) is 6.07 Å². The lowest BCUT2D eigenvalue weighted by Gasteiger charge is -2.06. The van der Waals surface area contributed by atoms with Gasteiger partial charge in [0.1, 0.15) is 0 Å². The van der Waals surface area contributed by atoms with Crippen LogP contribution >= 0.6 is 11.8 Å². The normalized spacial score (nSPS) is 9.00. The summed E-state index contributed by atoms with van der Waals surface area (Å²) in [6, 6.07) is 2.00. The van der Waals surface area contributed by atoms with Crippen molar-refractivity contribution in [3.8, 4) is 6.07 Å². The fourth-order valence-electron chi connectivity index (χ4n) is 0.403. The minimum absolute atomic E-state index is 0.470. The van der Waals surface area contributed by atoms with Gasteiger partial charge in [0, 0.05) is 19.5 Å². The van der Waals surface area contributed by atoms with Crippen LogP contribution in [0.15, 0.2) is 12.7 Å². The Balaban J connectivity index is 3.17. The second-order valence-electron chi connectivity index (χ2n) is 1.57. The highest BCUT2D eigenvalue weighted by Crippen LogP contribution is 1.94. The molecule has 0 rings (SSSR count). The third-order valence-corrected chi connectivity index (χ3v) is 1.10. The van der Waals surface area contributed by atoms with Gasteiger partial charge in [0.05, 0.1) is 6.07 Å². The zero-order chi connectivity index (χ0) is 7.11. The van der Waals surface area contributed by atoms with Gasteiger partial charge in [-0.2, -0.15) is 5.26 Å². The van der Waals surface area contributed by atoms with Crippen molar-refractivity contribution in [1.82, 2.24) is 4.42 Å². The molecular weight excluding hydrogens is 136 g/mol. The predicted molar refractivity (Wildman–Crippen MR) is 37.9 cm³/mol. The van der Waals surface area contributed by atoms with Gasteiger partial charge in [-0.25, -0.2) is 4.42 Å². The van der Waals surface area contributed by atoms with Gasteiger partial charge < -0.3 is 0 Å². The fourth-order valence-corrected chi connectivity index (χ4v) is 0.585. The van der Waals surface area contributed by atoms with Gasteiger partial charge in [0.25, 0.3) is 0 Å². The van der Waals surface area contributed by atoms with E-state index in [1.165, 1.54) is 4.42 Å². The highest BCUT2D eigenvalue weighted by molar-refractivity contribution is 6.13. The lowest BCUT2D eigenvalue weighted by molar-refractivity contribution is 0.513. The first-order chi connectivity index (χ1) is 4.31. The van der Waals surface area contributed by atoms with Crippen molar-refractivity contribution in [2.45, 2.75) is 6.42 Å². The Hall–Kier alpha value is -0.520. The molecular formula is C6H9ClN2. The molecule has 0 atom stereocenters. The molecule has 0 amide bonds. The first kappa shape index (κ1) is 8.48. The zero-order valence-electron chi connectivity index (χ0n) is 5.18. The van der Waals surface area contributed by atoms with E-state index in [1.54, 1.807) is 6.08 Å². The molecule has 0 heterocycles. The molecule has 0 spiro atoms. The molecule has 0 saturated heterocycles. The minimum Gasteiger partial charge on any atom is -0.215 e. The summed E-state index contributed by atoms with van der Waals surface area (Å²) >= 11 is 5.57. The molecule has 0 fully saturated rings. The molecule has 2 nitrogen and oxygen atoms in total. The summed E-state index contributed by atoms with van der Waals surface area (Å²) in [5, 5.41) is 8.12. The highest BCUT2D eigenvalue weighted by Gasteiger charge is 1.93. The SMILES string of the molecule is C=CCN(Cl)CCC#N. The van der Waals surface area contributed by atoms with Crippen LogP contribution in [0.1, 0.15) is 6.42 Å². The number of hydrogen-bond acceptors (Lipinski definition) is 2.